The normalized spacial score (nSPS) is 13.2. The molecule has 0 aliphatic rings. The zero-order chi connectivity index (χ0) is 51.7. The van der Waals surface area contributed by atoms with Crippen LogP contribution in [-0.4, -0.2) is 49.3 Å². The topological polar surface area (TPSA) is 134 Å². The molecule has 0 aromatic heterocycles. The van der Waals surface area contributed by atoms with E-state index in [1.54, 1.807) is 0 Å². The van der Waals surface area contributed by atoms with Crippen LogP contribution in [0.15, 0.2) is 36.5 Å². The molecule has 2 atom stereocenters. The van der Waals surface area contributed by atoms with Crippen molar-refractivity contribution in [3.63, 3.8) is 0 Å². The third-order valence-corrected chi connectivity index (χ3v) is 14.5. The molecule has 0 saturated heterocycles. The van der Waals surface area contributed by atoms with Crippen LogP contribution in [0.1, 0.15) is 309 Å². The highest BCUT2D eigenvalue weighted by Gasteiger charge is 2.26. The van der Waals surface area contributed by atoms with Crippen LogP contribution in [0.5, 0.6) is 0 Å². The molecule has 0 fully saturated rings. The number of carbonyl (C=O) groups excluding carboxylic acids is 2. The highest BCUT2D eigenvalue weighted by atomic mass is 31.2. The molecule has 0 radical (unpaired) electrons. The Kier molecular flexibility index (Phi) is 56.1. The average molecular weight is 1020 g/mol. The number of phosphoric acid groups is 1. The molecule has 0 bridgehead atoms. The predicted molar refractivity (Wildman–Crippen MR) is 303 cm³/mol. The number of hydrogen-bond acceptors (Lipinski definition) is 8. The summed E-state index contributed by atoms with van der Waals surface area (Å²) in [5, 5.41) is 0. The Bertz CT molecular complexity index is 1260. The fraction of sp³-hybridized carbons (Fsp3) is 0.869. The lowest BCUT2D eigenvalue weighted by molar-refractivity contribution is -0.161. The van der Waals surface area contributed by atoms with Crippen molar-refractivity contribution >= 4 is 19.8 Å². The highest BCUT2D eigenvalue weighted by Crippen LogP contribution is 2.43. The third-order valence-electron chi connectivity index (χ3n) is 13.5. The molecule has 0 heterocycles. The van der Waals surface area contributed by atoms with Crippen molar-refractivity contribution in [2.75, 3.05) is 26.4 Å². The molecule has 2 unspecified atom stereocenters. The van der Waals surface area contributed by atoms with Gasteiger partial charge in [-0.3, -0.25) is 18.6 Å². The second-order valence-corrected chi connectivity index (χ2v) is 22.0. The fourth-order valence-electron chi connectivity index (χ4n) is 9.07. The van der Waals surface area contributed by atoms with Gasteiger partial charge in [-0.25, -0.2) is 4.57 Å². The Morgan fingerprint density at radius 1 is 0.437 bits per heavy atom. The number of carbonyl (C=O) groups is 2. The molecule has 0 aliphatic heterocycles. The summed E-state index contributed by atoms with van der Waals surface area (Å²) in [5.41, 5.74) is 5.38. The maximum Gasteiger partial charge on any atom is 0.472 e. The Morgan fingerprint density at radius 3 is 1.15 bits per heavy atom. The van der Waals surface area contributed by atoms with Gasteiger partial charge in [-0.05, 0) is 44.9 Å². The summed E-state index contributed by atoms with van der Waals surface area (Å²) in [6.45, 7) is 3.67. The molecule has 71 heavy (non-hydrogen) atoms. The first-order valence-corrected chi connectivity index (χ1v) is 32.0. The Morgan fingerprint density at radius 2 is 0.775 bits per heavy atom. The summed E-state index contributed by atoms with van der Waals surface area (Å²) >= 11 is 0. The lowest BCUT2D eigenvalue weighted by Gasteiger charge is -2.19. The zero-order valence-corrected chi connectivity index (χ0v) is 47.6. The van der Waals surface area contributed by atoms with E-state index < -0.39 is 26.5 Å². The molecule has 0 saturated carbocycles. The molecule has 0 aliphatic carbocycles. The number of allylic oxidation sites excluding steroid dienone is 6. The minimum absolute atomic E-state index is 0.0524. The predicted octanol–water partition coefficient (Wildman–Crippen LogP) is 19.2. The maximum absolute atomic E-state index is 12.7. The van der Waals surface area contributed by atoms with Crippen LogP contribution in [0.3, 0.4) is 0 Å². The van der Waals surface area contributed by atoms with E-state index in [0.29, 0.717) is 6.42 Å². The smallest absolute Gasteiger partial charge is 0.462 e. The van der Waals surface area contributed by atoms with E-state index in [4.69, 9.17) is 24.3 Å². The Labute approximate surface area is 439 Å². The van der Waals surface area contributed by atoms with Gasteiger partial charge in [0.1, 0.15) is 6.61 Å². The first-order valence-electron chi connectivity index (χ1n) is 30.5. The van der Waals surface area contributed by atoms with Crippen LogP contribution in [0.25, 0.3) is 0 Å². The van der Waals surface area contributed by atoms with Crippen molar-refractivity contribution in [3.8, 4) is 0 Å². The standard InChI is InChI=1S/C61H116NO8P/c1-3-5-7-9-11-13-15-17-19-21-22-23-24-25-26-27-28-29-30-31-32-33-34-35-36-38-39-41-43-45-47-49-51-53-60(63)67-57-59(58-69-71(65,66)68-56-55-62)70-61(64)54-52-50-48-46-44-42-40-37-20-18-16-14-12-10-8-6-4-2/h6,8,12,14,18,20,59H,3-5,7,9-11,13,15-17,19,21-58,62H2,1-2H3,(H,65,66)/b8-6-,14-12-,20-18-. The highest BCUT2D eigenvalue weighted by molar-refractivity contribution is 7.47. The first-order chi connectivity index (χ1) is 34.8. The van der Waals surface area contributed by atoms with Gasteiger partial charge in [0.05, 0.1) is 13.2 Å². The van der Waals surface area contributed by atoms with Gasteiger partial charge in [0, 0.05) is 19.4 Å². The van der Waals surface area contributed by atoms with Crippen LogP contribution in [0.2, 0.25) is 0 Å². The molecule has 0 aromatic carbocycles. The third kappa shape index (κ3) is 57.4. The van der Waals surface area contributed by atoms with Crippen molar-refractivity contribution in [3.05, 3.63) is 36.5 Å². The van der Waals surface area contributed by atoms with Gasteiger partial charge in [-0.2, -0.15) is 0 Å². The Balaban J connectivity index is 3.81. The lowest BCUT2D eigenvalue weighted by Crippen LogP contribution is -2.29. The lowest BCUT2D eigenvalue weighted by atomic mass is 10.0. The van der Waals surface area contributed by atoms with E-state index in [1.165, 1.54) is 212 Å². The minimum atomic E-state index is -4.39. The van der Waals surface area contributed by atoms with Gasteiger partial charge < -0.3 is 20.1 Å². The summed E-state index contributed by atoms with van der Waals surface area (Å²) in [4.78, 5) is 35.2. The van der Waals surface area contributed by atoms with Gasteiger partial charge in [-0.1, -0.05) is 288 Å². The number of ether oxygens (including phenoxy) is 2. The van der Waals surface area contributed by atoms with Crippen molar-refractivity contribution in [1.82, 2.24) is 0 Å². The zero-order valence-electron chi connectivity index (χ0n) is 46.7. The number of unbranched alkanes of at least 4 members (excludes halogenated alkanes) is 39. The first kappa shape index (κ1) is 69.2. The van der Waals surface area contributed by atoms with E-state index in [0.717, 1.165) is 64.2 Å². The van der Waals surface area contributed by atoms with Crippen LogP contribution in [0, 0.1) is 0 Å². The summed E-state index contributed by atoms with van der Waals surface area (Å²) in [6.07, 6.45) is 69.5. The molecule has 0 aromatic rings. The molecule has 0 rings (SSSR count). The van der Waals surface area contributed by atoms with Crippen LogP contribution >= 0.6 is 7.82 Å². The molecular weight excluding hydrogens is 906 g/mol. The Hall–Kier alpha value is -1.77. The quantitative estimate of drug-likeness (QED) is 0.0264. The summed E-state index contributed by atoms with van der Waals surface area (Å²) in [7, 11) is -4.39. The molecule has 0 amide bonds. The van der Waals surface area contributed by atoms with E-state index in [2.05, 4.69) is 50.3 Å². The van der Waals surface area contributed by atoms with Gasteiger partial charge in [0.2, 0.25) is 0 Å². The van der Waals surface area contributed by atoms with Crippen molar-refractivity contribution in [2.45, 2.75) is 315 Å². The number of hydrogen-bond donors (Lipinski definition) is 2. The molecule has 3 N–H and O–H groups in total. The molecule has 10 heteroatoms. The van der Waals surface area contributed by atoms with Crippen molar-refractivity contribution < 1.29 is 37.6 Å². The van der Waals surface area contributed by atoms with Gasteiger partial charge in [0.15, 0.2) is 6.10 Å². The van der Waals surface area contributed by atoms with Crippen LogP contribution < -0.4 is 5.73 Å². The SMILES string of the molecule is CC/C=C\C/C=C\C/C=C\CCCCCCCCCC(=O)OC(COC(=O)CCCCCCCCCCCCCCCCCCCCCCCCCCCCCCCCCCC)COP(=O)(O)OCCN. The van der Waals surface area contributed by atoms with Crippen LogP contribution in [-0.2, 0) is 32.7 Å². The monoisotopic (exact) mass is 1020 g/mol. The van der Waals surface area contributed by atoms with E-state index in [-0.39, 0.29) is 38.6 Å². The summed E-state index contributed by atoms with van der Waals surface area (Å²) in [6, 6.07) is 0. The van der Waals surface area contributed by atoms with Crippen molar-refractivity contribution in [2.24, 2.45) is 5.73 Å². The minimum Gasteiger partial charge on any atom is -0.462 e. The van der Waals surface area contributed by atoms with E-state index in [9.17, 15) is 19.0 Å². The van der Waals surface area contributed by atoms with E-state index in [1.807, 2.05) is 0 Å². The van der Waals surface area contributed by atoms with E-state index >= 15 is 0 Å². The molecule has 9 nitrogen and oxygen atoms in total. The number of rotatable bonds is 58. The van der Waals surface area contributed by atoms with Crippen molar-refractivity contribution in [1.29, 1.82) is 0 Å². The second kappa shape index (κ2) is 57.5. The molecule has 0 spiro atoms. The van der Waals surface area contributed by atoms with Gasteiger partial charge >= 0.3 is 19.8 Å². The number of nitrogens with two attached hydrogens (primary N) is 1. The number of phosphoric ester groups is 1. The summed E-state index contributed by atoms with van der Waals surface area (Å²) in [5.74, 6) is -0.826. The average Bonchev–Trinajstić information content (AvgIpc) is 3.36. The fourth-order valence-corrected chi connectivity index (χ4v) is 9.83. The second-order valence-electron chi connectivity index (χ2n) is 20.6. The largest absolute Gasteiger partial charge is 0.472 e. The maximum atomic E-state index is 12.7. The number of esters is 2. The van der Waals surface area contributed by atoms with Gasteiger partial charge in [-0.15, -0.1) is 0 Å². The summed E-state index contributed by atoms with van der Waals surface area (Å²) < 4.78 is 33.0. The van der Waals surface area contributed by atoms with Crippen LogP contribution in [0.4, 0.5) is 0 Å². The van der Waals surface area contributed by atoms with Gasteiger partial charge in [0.25, 0.3) is 0 Å². The molecule has 418 valence electrons. The molecular formula is C61H116NO8P.